The quantitative estimate of drug-likeness (QED) is 0.773. The molecule has 1 aromatic carbocycles. The van der Waals surface area contributed by atoms with Crippen LogP contribution in [0.1, 0.15) is 19.8 Å². The number of benzene rings is 1. The molecule has 1 aromatic rings. The van der Waals surface area contributed by atoms with E-state index in [4.69, 9.17) is 17.9 Å². The summed E-state index contributed by atoms with van der Waals surface area (Å²) in [6.07, 6.45) is -0.376. The van der Waals surface area contributed by atoms with Crippen molar-refractivity contribution in [1.29, 1.82) is 0 Å². The standard InChI is InChI=1S/C20H22FN5O3/c1-13(27)24-11-16-12-26(20(28)29-16)15-4-5-18(17(21)10-15)25-8-6-14(7-9-25)19(22-2)23-3/h4-5,10,14,16,19H,6-9,11-12H2,1H3,(H,24,27)/t16-/m0/s1. The van der Waals surface area contributed by atoms with Crippen LogP contribution in [-0.2, 0) is 9.53 Å². The van der Waals surface area contributed by atoms with Gasteiger partial charge in [-0.25, -0.2) is 32.0 Å². The molecule has 2 aliphatic rings. The van der Waals surface area contributed by atoms with E-state index in [1.54, 1.807) is 12.1 Å². The fraction of sp³-hybridized carbons (Fsp3) is 0.500. The summed E-state index contributed by atoms with van der Waals surface area (Å²) < 4.78 is 20.0. The lowest BCUT2D eigenvalue weighted by Gasteiger charge is -2.32. The molecule has 2 amide bonds. The predicted octanol–water partition coefficient (Wildman–Crippen LogP) is 2.67. The Balaban J connectivity index is 1.64. The lowest BCUT2D eigenvalue weighted by atomic mass is 9.94. The molecule has 0 radical (unpaired) electrons. The van der Waals surface area contributed by atoms with Gasteiger partial charge in [0.15, 0.2) is 0 Å². The molecule has 2 saturated heterocycles. The van der Waals surface area contributed by atoms with Crippen molar-refractivity contribution in [3.63, 3.8) is 0 Å². The Morgan fingerprint density at radius 1 is 1.34 bits per heavy atom. The summed E-state index contributed by atoms with van der Waals surface area (Å²) in [5.41, 5.74) is 0.842. The topological polar surface area (TPSA) is 70.6 Å². The number of amides is 2. The lowest BCUT2D eigenvalue weighted by molar-refractivity contribution is -0.119. The van der Waals surface area contributed by atoms with E-state index < -0.39 is 24.2 Å². The number of carbonyl (C=O) groups excluding carboxylic acids is 2. The van der Waals surface area contributed by atoms with Gasteiger partial charge >= 0.3 is 12.3 Å². The van der Waals surface area contributed by atoms with Gasteiger partial charge in [0.25, 0.3) is 0 Å². The Bertz CT molecular complexity index is 856. The Morgan fingerprint density at radius 2 is 2.03 bits per heavy atom. The maximum Gasteiger partial charge on any atom is 0.477 e. The first-order valence-corrected chi connectivity index (χ1v) is 9.43. The lowest BCUT2D eigenvalue weighted by Crippen LogP contribution is -2.37. The number of nitrogens with one attached hydrogen (secondary N) is 1. The minimum atomic E-state index is -0.656. The largest absolute Gasteiger partial charge is 0.477 e. The Hall–Kier alpha value is -3.33. The highest BCUT2D eigenvalue weighted by Crippen LogP contribution is 2.31. The molecule has 0 unspecified atom stereocenters. The molecule has 0 bridgehead atoms. The monoisotopic (exact) mass is 399 g/mol. The van der Waals surface area contributed by atoms with Crippen LogP contribution < -0.4 is 15.1 Å². The zero-order valence-electron chi connectivity index (χ0n) is 16.1. The third-order valence-corrected chi connectivity index (χ3v) is 5.26. The second kappa shape index (κ2) is 8.78. The average Bonchev–Trinajstić information content (AvgIpc) is 3.08. The SMILES string of the molecule is [C-]#[N+]C([N+]#[C-])C1CCN(c2ccc(N3C[C@H](CNC(C)=O)OC3=O)cc2F)CC1. The molecule has 8 nitrogen and oxygen atoms in total. The Morgan fingerprint density at radius 3 is 2.62 bits per heavy atom. The summed E-state index contributed by atoms with van der Waals surface area (Å²) in [5.74, 6) is -0.632. The first kappa shape index (κ1) is 20.4. The number of hydrogen-bond donors (Lipinski definition) is 1. The molecule has 2 fully saturated rings. The maximum atomic E-state index is 14.8. The van der Waals surface area contributed by atoms with Crippen LogP contribution in [0.3, 0.4) is 0 Å². The van der Waals surface area contributed by atoms with Crippen LogP contribution in [0, 0.1) is 24.9 Å². The molecule has 1 atom stereocenters. The number of nitrogens with zero attached hydrogens (tertiary/aromatic N) is 4. The van der Waals surface area contributed by atoms with Crippen LogP contribution in [0.2, 0.25) is 0 Å². The third-order valence-electron chi connectivity index (χ3n) is 5.26. The number of piperidine rings is 1. The number of halogens is 1. The van der Waals surface area contributed by atoms with E-state index in [1.165, 1.54) is 17.9 Å². The van der Waals surface area contributed by atoms with Crippen LogP contribution in [0.25, 0.3) is 9.69 Å². The third kappa shape index (κ3) is 4.57. The number of anilines is 2. The molecule has 2 aliphatic heterocycles. The van der Waals surface area contributed by atoms with E-state index in [0.717, 1.165) is 0 Å². The van der Waals surface area contributed by atoms with Crippen LogP contribution in [0.15, 0.2) is 18.2 Å². The van der Waals surface area contributed by atoms with Crippen molar-refractivity contribution >= 4 is 23.4 Å². The van der Waals surface area contributed by atoms with Gasteiger partial charge in [-0.05, 0) is 31.0 Å². The van der Waals surface area contributed by atoms with Crippen molar-refractivity contribution in [2.24, 2.45) is 5.92 Å². The van der Waals surface area contributed by atoms with Gasteiger partial charge in [0.05, 0.1) is 24.5 Å². The molecule has 152 valence electrons. The summed E-state index contributed by atoms with van der Waals surface area (Å²) in [5, 5.41) is 2.60. The number of ether oxygens (including phenoxy) is 1. The fourth-order valence-electron chi connectivity index (χ4n) is 3.69. The molecule has 0 spiro atoms. The molecular weight excluding hydrogens is 377 g/mol. The highest BCUT2D eigenvalue weighted by Gasteiger charge is 2.36. The molecule has 0 saturated carbocycles. The van der Waals surface area contributed by atoms with Crippen molar-refractivity contribution in [2.75, 3.05) is 36.0 Å². The second-order valence-electron chi connectivity index (χ2n) is 7.19. The van der Waals surface area contributed by atoms with Crippen LogP contribution in [0.5, 0.6) is 0 Å². The normalized spacial score (nSPS) is 19.6. The summed E-state index contributed by atoms with van der Waals surface area (Å²) in [6, 6.07) is 4.62. The van der Waals surface area contributed by atoms with E-state index in [2.05, 4.69) is 15.0 Å². The molecule has 0 aliphatic carbocycles. The highest BCUT2D eigenvalue weighted by atomic mass is 19.1. The van der Waals surface area contributed by atoms with Gasteiger partial charge in [0, 0.05) is 20.0 Å². The smallest absolute Gasteiger partial charge is 0.442 e. The van der Waals surface area contributed by atoms with Gasteiger partial charge in [-0.2, -0.15) is 0 Å². The van der Waals surface area contributed by atoms with Crippen molar-refractivity contribution < 1.29 is 18.7 Å². The van der Waals surface area contributed by atoms with E-state index in [0.29, 0.717) is 37.3 Å². The van der Waals surface area contributed by atoms with Crippen molar-refractivity contribution in [3.8, 4) is 0 Å². The number of hydrogen-bond acceptors (Lipinski definition) is 4. The molecule has 2 heterocycles. The van der Waals surface area contributed by atoms with Gasteiger partial charge in [-0.3, -0.25) is 9.69 Å². The second-order valence-corrected chi connectivity index (χ2v) is 7.19. The van der Waals surface area contributed by atoms with Gasteiger partial charge in [0.1, 0.15) is 17.8 Å². The summed E-state index contributed by atoms with van der Waals surface area (Å²) in [6.45, 7) is 17.2. The van der Waals surface area contributed by atoms with Crippen LogP contribution >= 0.6 is 0 Å². The molecular formula is C20H22FN5O3. The fourth-order valence-corrected chi connectivity index (χ4v) is 3.69. The number of carbonyl (C=O) groups is 2. The van der Waals surface area contributed by atoms with E-state index in [9.17, 15) is 14.0 Å². The van der Waals surface area contributed by atoms with Gasteiger partial charge in [-0.15, -0.1) is 0 Å². The predicted molar refractivity (Wildman–Crippen MR) is 105 cm³/mol. The van der Waals surface area contributed by atoms with Crippen molar-refractivity contribution in [2.45, 2.75) is 32.0 Å². The van der Waals surface area contributed by atoms with E-state index in [-0.39, 0.29) is 24.9 Å². The first-order chi connectivity index (χ1) is 13.9. The molecule has 3 rings (SSSR count). The van der Waals surface area contributed by atoms with Gasteiger partial charge in [-0.1, -0.05) is 0 Å². The van der Waals surface area contributed by atoms with Crippen molar-refractivity contribution in [3.05, 3.63) is 46.9 Å². The number of rotatable bonds is 5. The highest BCUT2D eigenvalue weighted by molar-refractivity contribution is 5.90. The van der Waals surface area contributed by atoms with Gasteiger partial charge < -0.3 is 15.0 Å². The summed E-state index contributed by atoms with van der Waals surface area (Å²) in [7, 11) is 0. The minimum Gasteiger partial charge on any atom is -0.442 e. The molecule has 29 heavy (non-hydrogen) atoms. The first-order valence-electron chi connectivity index (χ1n) is 9.43. The van der Waals surface area contributed by atoms with E-state index in [1.807, 2.05) is 4.90 Å². The maximum absolute atomic E-state index is 14.8. The summed E-state index contributed by atoms with van der Waals surface area (Å²) >= 11 is 0. The van der Waals surface area contributed by atoms with Crippen molar-refractivity contribution in [1.82, 2.24) is 5.32 Å². The van der Waals surface area contributed by atoms with E-state index >= 15 is 0 Å². The average molecular weight is 399 g/mol. The zero-order chi connectivity index (χ0) is 21.0. The van der Waals surface area contributed by atoms with Gasteiger partial charge in [0.2, 0.25) is 5.91 Å². The Labute approximate surface area is 168 Å². The molecule has 1 N–H and O–H groups in total. The molecule has 9 heteroatoms. The van der Waals surface area contributed by atoms with Crippen LogP contribution in [-0.4, -0.2) is 50.4 Å². The van der Waals surface area contributed by atoms with Crippen LogP contribution in [0.4, 0.5) is 20.6 Å². The number of cyclic esters (lactones) is 1. The molecule has 0 aromatic heterocycles. The Kier molecular flexibility index (Phi) is 6.18. The summed E-state index contributed by atoms with van der Waals surface area (Å²) in [4.78, 5) is 33.1. The minimum absolute atomic E-state index is 0.0171. The zero-order valence-corrected chi connectivity index (χ0v) is 16.1.